The minimum absolute atomic E-state index is 0.157. The number of nitrogens with two attached hydrogens (primary N) is 1. The fourth-order valence-corrected chi connectivity index (χ4v) is 6.75. The van der Waals surface area contributed by atoms with E-state index in [1.165, 1.54) is 5.56 Å². The van der Waals surface area contributed by atoms with Crippen molar-refractivity contribution in [2.75, 3.05) is 37.6 Å². The van der Waals surface area contributed by atoms with Crippen LogP contribution in [0, 0.1) is 5.41 Å². The summed E-state index contributed by atoms with van der Waals surface area (Å²) in [7, 11) is 0. The number of rotatable bonds is 4. The molecule has 2 aromatic heterocycles. The molecular formula is C28H36N6O2. The summed E-state index contributed by atoms with van der Waals surface area (Å²) in [5.41, 5.74) is 8.90. The summed E-state index contributed by atoms with van der Waals surface area (Å²) in [6.07, 6.45) is 6.61. The van der Waals surface area contributed by atoms with E-state index < -0.39 is 5.91 Å². The first kappa shape index (κ1) is 23.3. The standard InChI is InChI=1S/C28H36N6O2/c1-17(2)33-12-6-18(7-13-33)19-4-5-20-22(14-19)32-24-21(25(29)35)15-31-26(23(20)24)34-11-3-8-28(16-34)9-10-30-27(28)36/h4-5,14-15,17-18,32H,3,6-13,16H2,1-2H3,(H2,29,35)(H,30,36). The van der Waals surface area contributed by atoms with Crippen LogP contribution in [-0.2, 0) is 4.79 Å². The van der Waals surface area contributed by atoms with E-state index >= 15 is 0 Å². The number of nitrogens with one attached hydrogen (secondary N) is 2. The maximum atomic E-state index is 12.7. The second-order valence-corrected chi connectivity index (χ2v) is 11.3. The minimum Gasteiger partial charge on any atom is -0.365 e. The van der Waals surface area contributed by atoms with Crippen molar-refractivity contribution >= 4 is 39.4 Å². The van der Waals surface area contributed by atoms with Gasteiger partial charge < -0.3 is 25.8 Å². The quantitative estimate of drug-likeness (QED) is 0.521. The molecule has 190 valence electrons. The second kappa shape index (κ2) is 8.76. The summed E-state index contributed by atoms with van der Waals surface area (Å²) in [5, 5.41) is 5.01. The zero-order valence-electron chi connectivity index (χ0n) is 21.3. The normalized spacial score (nSPS) is 23.9. The molecule has 0 radical (unpaired) electrons. The van der Waals surface area contributed by atoms with Gasteiger partial charge in [0, 0.05) is 42.8 Å². The van der Waals surface area contributed by atoms with Crippen LogP contribution in [0.1, 0.15) is 67.8 Å². The Morgan fingerprint density at radius 3 is 2.69 bits per heavy atom. The van der Waals surface area contributed by atoms with Crippen LogP contribution in [-0.4, -0.2) is 65.4 Å². The molecule has 3 aromatic rings. The van der Waals surface area contributed by atoms with Gasteiger partial charge in [-0.25, -0.2) is 4.98 Å². The molecule has 5 heterocycles. The van der Waals surface area contributed by atoms with Crippen LogP contribution >= 0.6 is 0 Å². The lowest BCUT2D eigenvalue weighted by Gasteiger charge is -2.39. The largest absolute Gasteiger partial charge is 0.365 e. The maximum absolute atomic E-state index is 12.7. The van der Waals surface area contributed by atoms with Crippen molar-refractivity contribution in [1.29, 1.82) is 0 Å². The lowest BCUT2D eigenvalue weighted by Crippen LogP contribution is -2.47. The smallest absolute Gasteiger partial charge is 0.252 e. The van der Waals surface area contributed by atoms with Gasteiger partial charge in [0.1, 0.15) is 5.82 Å². The molecule has 8 heteroatoms. The Hall–Kier alpha value is -3.13. The number of carbonyl (C=O) groups is 2. The molecule has 1 unspecified atom stereocenters. The maximum Gasteiger partial charge on any atom is 0.252 e. The lowest BCUT2D eigenvalue weighted by atomic mass is 9.78. The molecule has 3 saturated heterocycles. The first-order chi connectivity index (χ1) is 17.4. The summed E-state index contributed by atoms with van der Waals surface area (Å²) < 4.78 is 0. The summed E-state index contributed by atoms with van der Waals surface area (Å²) in [6, 6.07) is 7.26. The third kappa shape index (κ3) is 3.74. The fraction of sp³-hybridized carbons (Fsp3) is 0.536. The molecule has 1 spiro atoms. The van der Waals surface area contributed by atoms with Crippen LogP contribution in [0.2, 0.25) is 0 Å². The van der Waals surface area contributed by atoms with Gasteiger partial charge in [0.05, 0.1) is 21.9 Å². The number of benzene rings is 1. The van der Waals surface area contributed by atoms with E-state index in [-0.39, 0.29) is 11.3 Å². The number of pyridine rings is 1. The molecule has 0 aliphatic carbocycles. The fourth-order valence-electron chi connectivity index (χ4n) is 6.75. The monoisotopic (exact) mass is 488 g/mol. The molecule has 1 atom stereocenters. The average molecular weight is 489 g/mol. The molecule has 0 bridgehead atoms. The van der Waals surface area contributed by atoms with Gasteiger partial charge in [0.15, 0.2) is 0 Å². The third-order valence-electron chi connectivity index (χ3n) is 8.88. The van der Waals surface area contributed by atoms with Crippen LogP contribution in [0.4, 0.5) is 5.82 Å². The number of hydrogen-bond donors (Lipinski definition) is 3. The van der Waals surface area contributed by atoms with Gasteiger partial charge in [-0.15, -0.1) is 0 Å². The Bertz CT molecular complexity index is 1340. The predicted octanol–water partition coefficient (Wildman–Crippen LogP) is 3.51. The Kier molecular flexibility index (Phi) is 5.67. The van der Waals surface area contributed by atoms with Crippen molar-refractivity contribution in [3.63, 3.8) is 0 Å². The highest BCUT2D eigenvalue weighted by Crippen LogP contribution is 2.42. The van der Waals surface area contributed by atoms with Crippen molar-refractivity contribution < 1.29 is 9.59 Å². The molecule has 4 N–H and O–H groups in total. The molecule has 36 heavy (non-hydrogen) atoms. The van der Waals surface area contributed by atoms with Crippen molar-refractivity contribution in [3.05, 3.63) is 35.5 Å². The van der Waals surface area contributed by atoms with E-state index in [0.717, 1.165) is 85.9 Å². The topological polar surface area (TPSA) is 107 Å². The molecule has 3 aliphatic heterocycles. The second-order valence-electron chi connectivity index (χ2n) is 11.3. The zero-order valence-corrected chi connectivity index (χ0v) is 21.3. The van der Waals surface area contributed by atoms with E-state index in [2.05, 4.69) is 52.1 Å². The SMILES string of the molecule is CC(C)N1CCC(c2ccc3c(c2)[nH]c2c(C(N)=O)cnc(N4CCCC5(CCNC5=O)C4)c23)CC1. The highest BCUT2D eigenvalue weighted by Gasteiger charge is 2.45. The number of likely N-dealkylation sites (tertiary alicyclic amines) is 1. The van der Waals surface area contributed by atoms with Crippen molar-refractivity contribution in [2.45, 2.75) is 57.9 Å². The molecule has 1 aromatic carbocycles. The van der Waals surface area contributed by atoms with E-state index in [9.17, 15) is 9.59 Å². The molecule has 0 saturated carbocycles. The van der Waals surface area contributed by atoms with Crippen LogP contribution in [0.5, 0.6) is 0 Å². The number of primary amides is 1. The van der Waals surface area contributed by atoms with Gasteiger partial charge in [-0.05, 0) is 76.6 Å². The number of amides is 2. The van der Waals surface area contributed by atoms with Crippen LogP contribution < -0.4 is 16.0 Å². The number of anilines is 1. The van der Waals surface area contributed by atoms with Crippen molar-refractivity contribution in [3.8, 4) is 0 Å². The molecule has 3 aliphatic rings. The van der Waals surface area contributed by atoms with Gasteiger partial charge >= 0.3 is 0 Å². The van der Waals surface area contributed by atoms with Crippen molar-refractivity contribution in [1.82, 2.24) is 20.2 Å². The number of nitrogens with zero attached hydrogens (tertiary/aromatic N) is 3. The predicted molar refractivity (Wildman–Crippen MR) is 142 cm³/mol. The Morgan fingerprint density at radius 2 is 2.00 bits per heavy atom. The summed E-state index contributed by atoms with van der Waals surface area (Å²) in [6.45, 7) is 9.00. The van der Waals surface area contributed by atoms with E-state index in [4.69, 9.17) is 10.7 Å². The van der Waals surface area contributed by atoms with Gasteiger partial charge in [-0.1, -0.05) is 12.1 Å². The van der Waals surface area contributed by atoms with Gasteiger partial charge in [-0.2, -0.15) is 0 Å². The zero-order chi connectivity index (χ0) is 25.0. The first-order valence-electron chi connectivity index (χ1n) is 13.4. The number of carbonyl (C=O) groups excluding carboxylic acids is 2. The summed E-state index contributed by atoms with van der Waals surface area (Å²) in [4.78, 5) is 38.1. The van der Waals surface area contributed by atoms with E-state index in [1.807, 2.05) is 0 Å². The number of fused-ring (bicyclic) bond motifs is 3. The highest BCUT2D eigenvalue weighted by atomic mass is 16.2. The van der Waals surface area contributed by atoms with E-state index in [0.29, 0.717) is 24.1 Å². The Balaban J connectivity index is 1.41. The highest BCUT2D eigenvalue weighted by molar-refractivity contribution is 6.18. The molecule has 3 fully saturated rings. The van der Waals surface area contributed by atoms with Gasteiger partial charge in [0.2, 0.25) is 5.91 Å². The molecule has 6 rings (SSSR count). The molecule has 8 nitrogen and oxygen atoms in total. The Morgan fingerprint density at radius 1 is 1.19 bits per heavy atom. The van der Waals surface area contributed by atoms with Gasteiger partial charge in [-0.3, -0.25) is 9.59 Å². The van der Waals surface area contributed by atoms with Crippen LogP contribution in [0.25, 0.3) is 21.8 Å². The number of aromatic amines is 1. The minimum atomic E-state index is -0.489. The van der Waals surface area contributed by atoms with Crippen molar-refractivity contribution in [2.24, 2.45) is 11.1 Å². The third-order valence-corrected chi connectivity index (χ3v) is 8.88. The Labute approximate surface area is 211 Å². The number of H-pyrrole nitrogens is 1. The van der Waals surface area contributed by atoms with Gasteiger partial charge in [0.25, 0.3) is 5.91 Å². The van der Waals surface area contributed by atoms with Crippen LogP contribution in [0.15, 0.2) is 24.4 Å². The number of aromatic nitrogens is 2. The van der Waals surface area contributed by atoms with E-state index in [1.54, 1.807) is 6.20 Å². The lowest BCUT2D eigenvalue weighted by molar-refractivity contribution is -0.128. The summed E-state index contributed by atoms with van der Waals surface area (Å²) in [5.74, 6) is 1.03. The molecule has 2 amide bonds. The molecular weight excluding hydrogens is 452 g/mol. The number of piperidine rings is 2. The average Bonchev–Trinajstić information content (AvgIpc) is 3.43. The summed E-state index contributed by atoms with van der Waals surface area (Å²) >= 11 is 0. The first-order valence-corrected chi connectivity index (χ1v) is 13.4. The number of hydrogen-bond acceptors (Lipinski definition) is 5. The van der Waals surface area contributed by atoms with Crippen LogP contribution in [0.3, 0.4) is 0 Å².